The third-order valence-electron chi connectivity index (χ3n) is 10.7. The Hall–Kier alpha value is -5.38. The van der Waals surface area contributed by atoms with Crippen molar-refractivity contribution in [1.82, 2.24) is 9.78 Å². The second-order valence-corrected chi connectivity index (χ2v) is 13.6. The molecule has 51 heavy (non-hydrogen) atoms. The Kier molecular flexibility index (Phi) is 8.00. The second-order valence-electron chi connectivity index (χ2n) is 13.6. The zero-order valence-corrected chi connectivity index (χ0v) is 27.7. The Labute approximate surface area is 293 Å². The molecule has 2 unspecified atom stereocenters. The highest BCUT2D eigenvalue weighted by Gasteiger charge is 2.56. The number of benzene rings is 5. The third kappa shape index (κ3) is 5.39. The van der Waals surface area contributed by atoms with Crippen LogP contribution in [0.1, 0.15) is 33.9 Å². The van der Waals surface area contributed by atoms with E-state index in [2.05, 4.69) is 58.5 Å². The minimum atomic E-state index is -4.94. The van der Waals surface area contributed by atoms with Crippen LogP contribution in [-0.4, -0.2) is 44.4 Å². The summed E-state index contributed by atoms with van der Waals surface area (Å²) in [6, 6.07) is 40.7. The SMILES string of the molecule is CN1/C(=C/C2C(O)C(c3c(C(F)(F)F)nn(-c4ccccc4)c3O)C2O)C(Cc2ccccc2)(Cc2ccccc2)c2c1ccc1ccccc21. The molecular weight excluding hydrogens is 651 g/mol. The van der Waals surface area contributed by atoms with Crippen LogP contribution in [0.2, 0.25) is 0 Å². The summed E-state index contributed by atoms with van der Waals surface area (Å²) < 4.78 is 44.1. The number of fused-ring (bicyclic) bond motifs is 3. The molecule has 1 aliphatic carbocycles. The standard InChI is InChI=1S/C42H36F3N3O3/c1-47-32-22-21-28-17-11-12-20-30(28)36(32)41(24-26-13-5-2-6-14-26,25-27-15-7-3-8-16-27)33(47)23-31-37(49)34(38(31)50)35-39(42(43,44)45)46-48(40(35)51)29-18-9-4-10-19-29/h2-23,31,34,37-38,49-51H,24-25H2,1H3/b33-23+. The number of likely N-dealkylation sites (N-methyl/N-ethyl adjacent to an activating group) is 1. The van der Waals surface area contributed by atoms with Gasteiger partial charge in [-0.05, 0) is 58.5 Å². The summed E-state index contributed by atoms with van der Waals surface area (Å²) in [5, 5.41) is 40.5. The molecular formula is C42H36F3N3O3. The molecule has 1 aromatic heterocycles. The van der Waals surface area contributed by atoms with Crippen LogP contribution in [-0.2, 0) is 24.4 Å². The third-order valence-corrected chi connectivity index (χ3v) is 10.7. The molecule has 1 fully saturated rings. The van der Waals surface area contributed by atoms with E-state index >= 15 is 0 Å². The summed E-state index contributed by atoms with van der Waals surface area (Å²) >= 11 is 0. The maximum absolute atomic E-state index is 14.4. The molecule has 1 aliphatic heterocycles. The average Bonchev–Trinajstić information content (AvgIpc) is 3.59. The van der Waals surface area contributed by atoms with Crippen molar-refractivity contribution in [2.45, 2.75) is 42.6 Å². The number of halogens is 3. The topological polar surface area (TPSA) is 81.8 Å². The summed E-state index contributed by atoms with van der Waals surface area (Å²) in [4.78, 5) is 2.09. The predicted molar refractivity (Wildman–Crippen MR) is 191 cm³/mol. The quantitative estimate of drug-likeness (QED) is 0.159. The molecule has 0 spiro atoms. The Bertz CT molecular complexity index is 2180. The highest BCUT2D eigenvalue weighted by Crippen LogP contribution is 2.56. The van der Waals surface area contributed by atoms with Crippen molar-refractivity contribution >= 4 is 16.5 Å². The molecule has 0 radical (unpaired) electrons. The van der Waals surface area contributed by atoms with E-state index in [9.17, 15) is 28.5 Å². The molecule has 5 aromatic carbocycles. The van der Waals surface area contributed by atoms with E-state index in [1.165, 1.54) is 12.1 Å². The van der Waals surface area contributed by atoms with Crippen molar-refractivity contribution in [1.29, 1.82) is 0 Å². The maximum atomic E-state index is 14.4. The van der Waals surface area contributed by atoms with E-state index in [0.717, 1.165) is 43.5 Å². The van der Waals surface area contributed by atoms with Crippen molar-refractivity contribution in [3.05, 3.63) is 167 Å². The lowest BCUT2D eigenvalue weighted by Crippen LogP contribution is -2.53. The summed E-state index contributed by atoms with van der Waals surface area (Å²) in [6.07, 6.45) is -4.79. The molecule has 2 atom stereocenters. The number of para-hydroxylation sites is 1. The van der Waals surface area contributed by atoms with Gasteiger partial charge in [-0.15, -0.1) is 0 Å². The fourth-order valence-electron chi connectivity index (χ4n) is 8.35. The van der Waals surface area contributed by atoms with Crippen molar-refractivity contribution in [2.24, 2.45) is 5.92 Å². The fourth-order valence-corrected chi connectivity index (χ4v) is 8.35. The Balaban J connectivity index is 1.28. The second kappa shape index (κ2) is 12.4. The number of nitrogens with zero attached hydrogens (tertiary/aromatic N) is 3. The van der Waals surface area contributed by atoms with Gasteiger partial charge in [-0.2, -0.15) is 18.3 Å². The lowest BCUT2D eigenvalue weighted by molar-refractivity contribution is -0.145. The molecule has 6 aromatic rings. The van der Waals surface area contributed by atoms with E-state index in [0.29, 0.717) is 12.8 Å². The average molecular weight is 688 g/mol. The van der Waals surface area contributed by atoms with Gasteiger partial charge in [0.2, 0.25) is 5.88 Å². The van der Waals surface area contributed by atoms with Crippen LogP contribution < -0.4 is 4.90 Å². The van der Waals surface area contributed by atoms with Gasteiger partial charge in [-0.1, -0.05) is 115 Å². The molecule has 8 rings (SSSR count). The Morgan fingerprint density at radius 3 is 1.88 bits per heavy atom. The van der Waals surface area contributed by atoms with E-state index < -0.39 is 52.8 Å². The number of hydrogen-bond donors (Lipinski definition) is 3. The molecule has 9 heteroatoms. The first-order valence-corrected chi connectivity index (χ1v) is 17.0. The number of anilines is 1. The highest BCUT2D eigenvalue weighted by molar-refractivity contribution is 5.95. The van der Waals surface area contributed by atoms with Crippen LogP contribution in [0.15, 0.2) is 139 Å². The number of hydrogen-bond acceptors (Lipinski definition) is 5. The number of allylic oxidation sites excluding steroid dienone is 1. The van der Waals surface area contributed by atoms with E-state index in [1.807, 2.05) is 61.7 Å². The van der Waals surface area contributed by atoms with Gasteiger partial charge in [-0.3, -0.25) is 0 Å². The van der Waals surface area contributed by atoms with E-state index in [-0.39, 0.29) is 5.69 Å². The summed E-state index contributed by atoms with van der Waals surface area (Å²) in [7, 11) is 1.96. The summed E-state index contributed by atoms with van der Waals surface area (Å²) in [6.45, 7) is 0. The number of rotatable bonds is 7. The number of aromatic nitrogens is 2. The van der Waals surface area contributed by atoms with Crippen molar-refractivity contribution in [3.63, 3.8) is 0 Å². The largest absolute Gasteiger partial charge is 0.493 e. The molecule has 6 nitrogen and oxygen atoms in total. The van der Waals surface area contributed by atoms with Gasteiger partial charge in [0.05, 0.1) is 23.5 Å². The minimum absolute atomic E-state index is 0.220. The van der Waals surface area contributed by atoms with Gasteiger partial charge < -0.3 is 20.2 Å². The lowest BCUT2D eigenvalue weighted by Gasteiger charge is -2.46. The van der Waals surface area contributed by atoms with Gasteiger partial charge in [0.1, 0.15) is 0 Å². The van der Waals surface area contributed by atoms with Crippen molar-refractivity contribution in [3.8, 4) is 11.6 Å². The molecule has 3 N–H and O–H groups in total. The van der Waals surface area contributed by atoms with Gasteiger partial charge in [0.15, 0.2) is 5.69 Å². The van der Waals surface area contributed by atoms with Crippen LogP contribution in [0, 0.1) is 5.92 Å². The van der Waals surface area contributed by atoms with Crippen LogP contribution >= 0.6 is 0 Å². The molecule has 2 aliphatic rings. The van der Waals surface area contributed by atoms with E-state index in [1.54, 1.807) is 18.2 Å². The van der Waals surface area contributed by atoms with Crippen molar-refractivity contribution < 1.29 is 28.5 Å². The lowest BCUT2D eigenvalue weighted by atomic mass is 9.63. The summed E-state index contributed by atoms with van der Waals surface area (Å²) in [5.41, 5.74) is 2.70. The normalized spacial score (nSPS) is 21.9. The molecule has 0 bridgehead atoms. The van der Waals surface area contributed by atoms with Crippen LogP contribution in [0.4, 0.5) is 18.9 Å². The predicted octanol–water partition coefficient (Wildman–Crippen LogP) is 7.94. The fraction of sp³-hybridized carbons (Fsp3) is 0.214. The molecule has 0 amide bonds. The summed E-state index contributed by atoms with van der Waals surface area (Å²) in [5.74, 6) is -3.12. The molecule has 2 heterocycles. The monoisotopic (exact) mass is 687 g/mol. The van der Waals surface area contributed by atoms with Gasteiger partial charge in [0.25, 0.3) is 0 Å². The van der Waals surface area contributed by atoms with E-state index in [4.69, 9.17) is 0 Å². The maximum Gasteiger partial charge on any atom is 0.435 e. The molecule has 0 saturated heterocycles. The van der Waals surface area contributed by atoms with Gasteiger partial charge >= 0.3 is 6.18 Å². The zero-order chi connectivity index (χ0) is 35.5. The number of aliphatic hydroxyl groups is 2. The number of alkyl halides is 3. The first kappa shape index (κ1) is 32.8. The van der Waals surface area contributed by atoms with Gasteiger partial charge in [-0.25, -0.2) is 4.68 Å². The Morgan fingerprint density at radius 2 is 1.29 bits per heavy atom. The zero-order valence-electron chi connectivity index (χ0n) is 27.7. The molecule has 258 valence electrons. The minimum Gasteiger partial charge on any atom is -0.493 e. The van der Waals surface area contributed by atoms with Crippen LogP contribution in [0.25, 0.3) is 16.5 Å². The smallest absolute Gasteiger partial charge is 0.435 e. The Morgan fingerprint density at radius 1 is 0.745 bits per heavy atom. The van der Waals surface area contributed by atoms with Crippen molar-refractivity contribution in [2.75, 3.05) is 11.9 Å². The first-order chi connectivity index (χ1) is 24.6. The highest BCUT2D eigenvalue weighted by atomic mass is 19.4. The number of aromatic hydroxyl groups is 1. The van der Waals surface area contributed by atoms with Crippen LogP contribution in [0.3, 0.4) is 0 Å². The number of aliphatic hydroxyl groups excluding tert-OH is 2. The van der Waals surface area contributed by atoms with Gasteiger partial charge in [0, 0.05) is 35.7 Å². The molecule has 1 saturated carbocycles. The van der Waals surface area contributed by atoms with Crippen LogP contribution in [0.5, 0.6) is 5.88 Å². The first-order valence-electron chi connectivity index (χ1n) is 17.0.